The maximum atomic E-state index is 12.1. The van der Waals surface area contributed by atoms with E-state index >= 15 is 0 Å². The minimum atomic E-state index is -3.28. The van der Waals surface area contributed by atoms with Crippen LogP contribution in [0.15, 0.2) is 12.7 Å². The molecule has 0 aliphatic carbocycles. The summed E-state index contributed by atoms with van der Waals surface area (Å²) in [7, 11) is 0.00843. The maximum absolute atomic E-state index is 12.1. The fraction of sp³-hybridized carbons (Fsp3) is 0.800. The molecule has 5 nitrogen and oxygen atoms in total. The van der Waals surface area contributed by atoms with Crippen molar-refractivity contribution < 1.29 is 13.2 Å². The topological polar surface area (TPSA) is 58.6 Å². The molecule has 0 bridgehead atoms. The molecule has 0 saturated carbocycles. The van der Waals surface area contributed by atoms with Crippen LogP contribution in [-0.4, -0.2) is 58.4 Å². The average molecular weight is 250 g/mol. The summed E-state index contributed by atoms with van der Waals surface area (Å²) in [5.41, 5.74) is 0. The third-order valence-corrected chi connectivity index (χ3v) is 4.47. The van der Waals surface area contributed by atoms with Crippen LogP contribution in [0.3, 0.4) is 0 Å². The van der Waals surface area contributed by atoms with Crippen LogP contribution in [0.25, 0.3) is 0 Å². The molecule has 0 aliphatic heterocycles. The van der Waals surface area contributed by atoms with Gasteiger partial charge < -0.3 is 10.1 Å². The van der Waals surface area contributed by atoms with Crippen LogP contribution in [-0.2, 0) is 14.8 Å². The van der Waals surface area contributed by atoms with Gasteiger partial charge in [-0.1, -0.05) is 6.08 Å². The van der Waals surface area contributed by atoms with Gasteiger partial charge in [0.05, 0.1) is 11.9 Å². The lowest BCUT2D eigenvalue weighted by atomic mass is 10.5. The number of methoxy groups -OCH3 is 1. The van der Waals surface area contributed by atoms with Crippen LogP contribution < -0.4 is 5.32 Å². The van der Waals surface area contributed by atoms with E-state index in [-0.39, 0.29) is 0 Å². The van der Waals surface area contributed by atoms with E-state index in [1.807, 2.05) is 0 Å². The Labute approximate surface area is 98.5 Å². The van der Waals surface area contributed by atoms with Gasteiger partial charge in [0.1, 0.15) is 0 Å². The van der Waals surface area contributed by atoms with Crippen molar-refractivity contribution in [2.45, 2.75) is 12.2 Å². The van der Waals surface area contributed by atoms with Crippen LogP contribution in [0.2, 0.25) is 0 Å². The zero-order valence-corrected chi connectivity index (χ0v) is 11.1. The van der Waals surface area contributed by atoms with Crippen molar-refractivity contribution in [3.63, 3.8) is 0 Å². The van der Waals surface area contributed by atoms with E-state index in [2.05, 4.69) is 11.9 Å². The Balaban J connectivity index is 4.66. The fourth-order valence-electron chi connectivity index (χ4n) is 1.31. The first-order valence-corrected chi connectivity index (χ1v) is 6.74. The number of ether oxygens (including phenoxy) is 1. The predicted molar refractivity (Wildman–Crippen MR) is 66.0 cm³/mol. The first-order valence-electron chi connectivity index (χ1n) is 5.24. The van der Waals surface area contributed by atoms with Crippen LogP contribution >= 0.6 is 0 Å². The highest BCUT2D eigenvalue weighted by molar-refractivity contribution is 7.89. The lowest BCUT2D eigenvalue weighted by molar-refractivity contribution is 0.181. The van der Waals surface area contributed by atoms with Crippen molar-refractivity contribution in [3.8, 4) is 0 Å². The van der Waals surface area contributed by atoms with E-state index in [1.54, 1.807) is 27.2 Å². The second kappa shape index (κ2) is 7.78. The summed E-state index contributed by atoms with van der Waals surface area (Å²) in [6, 6.07) is 0. The van der Waals surface area contributed by atoms with Crippen molar-refractivity contribution in [1.82, 2.24) is 9.62 Å². The highest BCUT2D eigenvalue weighted by Crippen LogP contribution is 2.08. The zero-order valence-electron chi connectivity index (χ0n) is 10.3. The highest BCUT2D eigenvalue weighted by Gasteiger charge is 2.26. The summed E-state index contributed by atoms with van der Waals surface area (Å²) >= 11 is 0. The SMILES string of the molecule is C=CCN(CCOC)S(=O)(=O)C(C)CNC. The predicted octanol–water partition coefficient (Wildman–Crippen LogP) is 0.0585. The summed E-state index contributed by atoms with van der Waals surface area (Å²) in [4.78, 5) is 0. The minimum Gasteiger partial charge on any atom is -0.383 e. The molecule has 96 valence electrons. The lowest BCUT2D eigenvalue weighted by Gasteiger charge is -2.24. The number of sulfonamides is 1. The molecule has 0 fully saturated rings. The molecule has 0 amide bonds. The lowest BCUT2D eigenvalue weighted by Crippen LogP contribution is -2.42. The molecule has 0 heterocycles. The van der Waals surface area contributed by atoms with Gasteiger partial charge in [0.25, 0.3) is 0 Å². The van der Waals surface area contributed by atoms with Gasteiger partial charge in [-0.3, -0.25) is 0 Å². The van der Waals surface area contributed by atoms with E-state index in [1.165, 1.54) is 4.31 Å². The van der Waals surface area contributed by atoms with Gasteiger partial charge in [-0.2, -0.15) is 4.31 Å². The molecule has 1 atom stereocenters. The number of nitrogens with one attached hydrogen (secondary N) is 1. The third kappa shape index (κ3) is 4.61. The molecule has 0 aromatic rings. The molecule has 0 rings (SSSR count). The van der Waals surface area contributed by atoms with Gasteiger partial charge in [0.15, 0.2) is 0 Å². The summed E-state index contributed by atoms with van der Waals surface area (Å²) in [6.07, 6.45) is 1.58. The van der Waals surface area contributed by atoms with Crippen LogP contribution in [0.4, 0.5) is 0 Å². The summed E-state index contributed by atoms with van der Waals surface area (Å²) in [5, 5.41) is 2.41. The third-order valence-electron chi connectivity index (χ3n) is 2.24. The maximum Gasteiger partial charge on any atom is 0.218 e. The Bertz CT molecular complexity index is 290. The van der Waals surface area contributed by atoms with E-state index < -0.39 is 15.3 Å². The molecule has 0 spiro atoms. The molecule has 1 unspecified atom stereocenters. The Hall–Kier alpha value is -0.430. The number of hydrogen-bond acceptors (Lipinski definition) is 4. The smallest absolute Gasteiger partial charge is 0.218 e. The van der Waals surface area contributed by atoms with Crippen molar-refractivity contribution in [2.24, 2.45) is 0 Å². The summed E-state index contributed by atoms with van der Waals surface area (Å²) < 4.78 is 30.5. The molecule has 0 radical (unpaired) electrons. The zero-order chi connectivity index (χ0) is 12.6. The van der Waals surface area contributed by atoms with Crippen molar-refractivity contribution in [2.75, 3.05) is 40.4 Å². The molecule has 6 heteroatoms. The molecule has 16 heavy (non-hydrogen) atoms. The molecular formula is C10H22N2O3S. The average Bonchev–Trinajstić information content (AvgIpc) is 2.24. The molecule has 1 N–H and O–H groups in total. The van der Waals surface area contributed by atoms with E-state index in [0.717, 1.165) is 0 Å². The molecule has 0 saturated heterocycles. The Morgan fingerprint density at radius 1 is 1.56 bits per heavy atom. The van der Waals surface area contributed by atoms with Crippen LogP contribution in [0, 0.1) is 0 Å². The monoisotopic (exact) mass is 250 g/mol. The number of rotatable bonds is 9. The van der Waals surface area contributed by atoms with E-state index in [9.17, 15) is 8.42 Å². The van der Waals surface area contributed by atoms with Gasteiger partial charge >= 0.3 is 0 Å². The molecule has 0 aromatic heterocycles. The largest absolute Gasteiger partial charge is 0.383 e. The van der Waals surface area contributed by atoms with Gasteiger partial charge in [-0.05, 0) is 14.0 Å². The first kappa shape index (κ1) is 15.6. The van der Waals surface area contributed by atoms with Crippen molar-refractivity contribution in [1.29, 1.82) is 0 Å². The minimum absolute atomic E-state index is 0.319. The van der Waals surface area contributed by atoms with Gasteiger partial charge in [-0.25, -0.2) is 8.42 Å². The summed E-state index contributed by atoms with van der Waals surface area (Å²) in [5.74, 6) is 0. The number of hydrogen-bond donors (Lipinski definition) is 1. The summed E-state index contributed by atoms with van der Waals surface area (Å²) in [6.45, 7) is 6.76. The van der Waals surface area contributed by atoms with Crippen LogP contribution in [0.1, 0.15) is 6.92 Å². The fourth-order valence-corrected chi connectivity index (χ4v) is 2.84. The second-order valence-corrected chi connectivity index (χ2v) is 5.90. The van der Waals surface area contributed by atoms with Gasteiger partial charge in [0, 0.05) is 26.7 Å². The molecular weight excluding hydrogens is 228 g/mol. The van der Waals surface area contributed by atoms with E-state index in [0.29, 0.717) is 26.2 Å². The molecule has 0 aromatic carbocycles. The Kier molecular flexibility index (Phi) is 7.57. The normalized spacial score (nSPS) is 14.0. The quantitative estimate of drug-likeness (QED) is 0.588. The number of nitrogens with zero attached hydrogens (tertiary/aromatic N) is 1. The van der Waals surface area contributed by atoms with Gasteiger partial charge in [0.2, 0.25) is 10.0 Å². The van der Waals surface area contributed by atoms with Crippen molar-refractivity contribution >= 4 is 10.0 Å². The van der Waals surface area contributed by atoms with Crippen molar-refractivity contribution in [3.05, 3.63) is 12.7 Å². The first-order chi connectivity index (χ1) is 7.50. The van der Waals surface area contributed by atoms with Crippen LogP contribution in [0.5, 0.6) is 0 Å². The Morgan fingerprint density at radius 2 is 2.19 bits per heavy atom. The Morgan fingerprint density at radius 3 is 2.62 bits per heavy atom. The molecule has 0 aliphatic rings. The van der Waals surface area contributed by atoms with E-state index in [4.69, 9.17) is 4.74 Å². The second-order valence-electron chi connectivity index (χ2n) is 3.55. The van der Waals surface area contributed by atoms with Gasteiger partial charge in [-0.15, -0.1) is 6.58 Å². The standard InChI is InChI=1S/C10H22N2O3S/c1-5-6-12(7-8-15-4)16(13,14)10(2)9-11-3/h5,10-11H,1,6-9H2,2-4H3. The highest BCUT2D eigenvalue weighted by atomic mass is 32.2.